The summed E-state index contributed by atoms with van der Waals surface area (Å²) in [5.41, 5.74) is 3.77. The van der Waals surface area contributed by atoms with Gasteiger partial charge in [-0.1, -0.05) is 42.1 Å². The maximum atomic E-state index is 13.2. The molecule has 0 aromatic heterocycles. The highest BCUT2D eigenvalue weighted by molar-refractivity contribution is 8.15. The Balaban J connectivity index is 1.76. The number of thioether (sulfide) groups is 1. The molecule has 1 N–H and O–H groups in total. The van der Waals surface area contributed by atoms with E-state index >= 15 is 0 Å². The normalized spacial score (nSPS) is 18.4. The number of hydrogen-bond donors (Lipinski definition) is 1. The quantitative estimate of drug-likeness (QED) is 0.842. The minimum Gasteiger partial charge on any atom is -0.378 e. The van der Waals surface area contributed by atoms with Gasteiger partial charge in [0, 0.05) is 25.5 Å². The van der Waals surface area contributed by atoms with Crippen LogP contribution in [0.1, 0.15) is 18.5 Å². The lowest BCUT2D eigenvalue weighted by Gasteiger charge is -2.33. The molecule has 0 aliphatic carbocycles. The first-order valence-electron chi connectivity index (χ1n) is 9.33. The molecule has 2 heterocycles. The van der Waals surface area contributed by atoms with Gasteiger partial charge in [0.05, 0.1) is 23.1 Å². The van der Waals surface area contributed by atoms with Crippen LogP contribution >= 0.6 is 11.8 Å². The summed E-state index contributed by atoms with van der Waals surface area (Å²) in [7, 11) is 3.95. The van der Waals surface area contributed by atoms with E-state index < -0.39 is 6.04 Å². The van der Waals surface area contributed by atoms with Gasteiger partial charge in [0.2, 0.25) is 5.91 Å². The van der Waals surface area contributed by atoms with Crippen LogP contribution in [0.4, 0.5) is 11.4 Å². The molecule has 1 saturated heterocycles. The molecule has 2 amide bonds. The number of hydrogen-bond acceptors (Lipinski definition) is 5. The molecule has 2 aliphatic rings. The van der Waals surface area contributed by atoms with Crippen LogP contribution in [0.5, 0.6) is 0 Å². The van der Waals surface area contributed by atoms with Crippen LogP contribution in [0.25, 0.3) is 0 Å². The number of benzene rings is 2. The number of amidine groups is 1. The number of nitrogens with one attached hydrogen (secondary N) is 1. The summed E-state index contributed by atoms with van der Waals surface area (Å²) < 4.78 is 0. The molecule has 148 valence electrons. The summed E-state index contributed by atoms with van der Waals surface area (Å²) in [6, 6.07) is 16.7. The van der Waals surface area contributed by atoms with Crippen molar-refractivity contribution in [2.75, 3.05) is 30.1 Å². The summed E-state index contributed by atoms with van der Waals surface area (Å²) in [4.78, 5) is 34.1. The van der Waals surface area contributed by atoms with Gasteiger partial charge in [-0.15, -0.1) is 0 Å². The van der Waals surface area contributed by atoms with Crippen molar-refractivity contribution in [2.45, 2.75) is 13.0 Å². The minimum absolute atomic E-state index is 0.0343. The van der Waals surface area contributed by atoms with Crippen LogP contribution in [0.3, 0.4) is 0 Å². The number of aliphatic imine (C=N–C) groups is 1. The van der Waals surface area contributed by atoms with Gasteiger partial charge in [0.1, 0.15) is 0 Å². The molecule has 2 aromatic carbocycles. The van der Waals surface area contributed by atoms with Crippen molar-refractivity contribution < 1.29 is 9.59 Å². The fourth-order valence-electron chi connectivity index (χ4n) is 3.52. The van der Waals surface area contributed by atoms with Gasteiger partial charge in [0.25, 0.3) is 5.91 Å². The number of anilines is 2. The average molecular weight is 407 g/mol. The number of fused-ring (bicyclic) bond motifs is 1. The van der Waals surface area contributed by atoms with Gasteiger partial charge in [-0.05, 0) is 36.8 Å². The Morgan fingerprint density at radius 2 is 1.83 bits per heavy atom. The summed E-state index contributed by atoms with van der Waals surface area (Å²) in [5.74, 6) is 0.0576. The number of rotatable bonds is 4. The van der Waals surface area contributed by atoms with Crippen molar-refractivity contribution in [3.05, 3.63) is 71.4 Å². The van der Waals surface area contributed by atoms with Crippen molar-refractivity contribution in [1.82, 2.24) is 4.90 Å². The first kappa shape index (κ1) is 19.3. The number of carbonyl (C=O) groups is 2. The second-order valence-corrected chi connectivity index (χ2v) is 8.10. The highest BCUT2D eigenvalue weighted by atomic mass is 32.2. The van der Waals surface area contributed by atoms with Crippen molar-refractivity contribution in [3.8, 4) is 0 Å². The lowest BCUT2D eigenvalue weighted by molar-refractivity contribution is -0.125. The van der Waals surface area contributed by atoms with Crippen LogP contribution in [-0.4, -0.2) is 41.7 Å². The second-order valence-electron chi connectivity index (χ2n) is 7.15. The van der Waals surface area contributed by atoms with Crippen molar-refractivity contribution >= 4 is 40.1 Å². The topological polar surface area (TPSA) is 65.0 Å². The third-order valence-electron chi connectivity index (χ3n) is 4.99. The summed E-state index contributed by atoms with van der Waals surface area (Å²) >= 11 is 1.41. The highest BCUT2D eigenvalue weighted by Gasteiger charge is 2.42. The van der Waals surface area contributed by atoms with E-state index in [0.29, 0.717) is 27.9 Å². The predicted octanol–water partition coefficient (Wildman–Crippen LogP) is 3.65. The van der Waals surface area contributed by atoms with E-state index in [4.69, 9.17) is 0 Å². The number of nitrogens with zero attached hydrogens (tertiary/aromatic N) is 3. The molecule has 2 aliphatic heterocycles. The maximum absolute atomic E-state index is 13.2. The Kier molecular flexibility index (Phi) is 5.15. The SMILES string of the molecule is CC1=C(C(=O)Nc2ccccc2)C(c2ccc(N(C)C)cc2)N2C(=O)CSC2=N1. The van der Waals surface area contributed by atoms with E-state index in [1.54, 1.807) is 4.90 Å². The van der Waals surface area contributed by atoms with E-state index in [1.807, 2.05) is 80.5 Å². The molecule has 29 heavy (non-hydrogen) atoms. The second kappa shape index (κ2) is 7.75. The number of allylic oxidation sites excluding steroid dienone is 1. The van der Waals surface area contributed by atoms with Crippen molar-refractivity contribution in [3.63, 3.8) is 0 Å². The molecule has 6 nitrogen and oxygen atoms in total. The van der Waals surface area contributed by atoms with Gasteiger partial charge < -0.3 is 10.2 Å². The van der Waals surface area contributed by atoms with Crippen LogP contribution in [-0.2, 0) is 9.59 Å². The molecule has 0 bridgehead atoms. The summed E-state index contributed by atoms with van der Waals surface area (Å²) in [6.07, 6.45) is 0. The molecule has 7 heteroatoms. The molecular weight excluding hydrogens is 384 g/mol. The smallest absolute Gasteiger partial charge is 0.255 e. The first-order valence-corrected chi connectivity index (χ1v) is 10.3. The number of para-hydroxylation sites is 1. The molecule has 0 saturated carbocycles. The first-order chi connectivity index (χ1) is 14.0. The fraction of sp³-hybridized carbons (Fsp3) is 0.227. The predicted molar refractivity (Wildman–Crippen MR) is 118 cm³/mol. The number of amides is 2. The van der Waals surface area contributed by atoms with E-state index in [-0.39, 0.29) is 11.8 Å². The number of carbonyl (C=O) groups excluding carboxylic acids is 2. The van der Waals surface area contributed by atoms with Gasteiger partial charge in [-0.2, -0.15) is 0 Å². The molecule has 0 radical (unpaired) electrons. The monoisotopic (exact) mass is 406 g/mol. The van der Waals surface area contributed by atoms with Gasteiger partial charge in [0.15, 0.2) is 5.17 Å². The van der Waals surface area contributed by atoms with Crippen molar-refractivity contribution in [2.24, 2.45) is 4.99 Å². The zero-order valence-electron chi connectivity index (χ0n) is 16.5. The van der Waals surface area contributed by atoms with Gasteiger partial charge in [-0.3, -0.25) is 14.5 Å². The lowest BCUT2D eigenvalue weighted by atomic mass is 9.93. The Labute approximate surface area is 174 Å². The minimum atomic E-state index is -0.495. The standard InChI is InChI=1S/C22H22N4O2S/c1-14-19(21(28)24-16-7-5-4-6-8-16)20(26-18(27)13-29-22(26)23-14)15-9-11-17(12-10-15)25(2)3/h4-12,20H,13H2,1-3H3,(H,24,28). The van der Waals surface area contributed by atoms with E-state index in [0.717, 1.165) is 11.3 Å². The lowest BCUT2D eigenvalue weighted by Crippen LogP contribution is -2.40. The largest absolute Gasteiger partial charge is 0.378 e. The fourth-order valence-corrected chi connectivity index (χ4v) is 4.46. The Hall–Kier alpha value is -3.06. The summed E-state index contributed by atoms with van der Waals surface area (Å²) in [5, 5.41) is 3.60. The van der Waals surface area contributed by atoms with E-state index in [2.05, 4.69) is 10.3 Å². The average Bonchev–Trinajstić information content (AvgIpc) is 3.08. The highest BCUT2D eigenvalue weighted by Crippen LogP contribution is 2.41. The molecule has 4 rings (SSSR count). The van der Waals surface area contributed by atoms with Gasteiger partial charge >= 0.3 is 0 Å². The van der Waals surface area contributed by atoms with E-state index in [1.165, 1.54) is 11.8 Å². The van der Waals surface area contributed by atoms with Crippen LogP contribution < -0.4 is 10.2 Å². The third kappa shape index (κ3) is 3.65. The Morgan fingerprint density at radius 1 is 1.14 bits per heavy atom. The maximum Gasteiger partial charge on any atom is 0.255 e. The molecule has 1 fully saturated rings. The third-order valence-corrected chi connectivity index (χ3v) is 5.92. The van der Waals surface area contributed by atoms with Crippen LogP contribution in [0.15, 0.2) is 70.9 Å². The van der Waals surface area contributed by atoms with Gasteiger partial charge in [-0.25, -0.2) is 4.99 Å². The molecule has 0 spiro atoms. The molecule has 1 atom stereocenters. The summed E-state index contributed by atoms with van der Waals surface area (Å²) in [6.45, 7) is 1.83. The van der Waals surface area contributed by atoms with Crippen LogP contribution in [0.2, 0.25) is 0 Å². The zero-order valence-corrected chi connectivity index (χ0v) is 17.4. The van der Waals surface area contributed by atoms with E-state index in [9.17, 15) is 9.59 Å². The van der Waals surface area contributed by atoms with Crippen molar-refractivity contribution in [1.29, 1.82) is 0 Å². The zero-order chi connectivity index (χ0) is 20.5. The Morgan fingerprint density at radius 3 is 2.48 bits per heavy atom. The Bertz CT molecular complexity index is 1010. The molecule has 2 aromatic rings. The molecule has 1 unspecified atom stereocenters. The van der Waals surface area contributed by atoms with Crippen LogP contribution in [0, 0.1) is 0 Å². The molecular formula is C22H22N4O2S.